The van der Waals surface area contributed by atoms with Crippen LogP contribution in [-0.2, 0) is 11.3 Å². The molecule has 4 N–H and O–H groups in total. The molecule has 3 aromatic rings. The first-order valence-electron chi connectivity index (χ1n) is 10.5. The Kier molecular flexibility index (Phi) is 9.31. The number of aromatic nitrogens is 1. The number of carbonyl (C=O) groups excluding carboxylic acids is 2. The number of halogens is 4. The van der Waals surface area contributed by atoms with E-state index in [0.717, 1.165) is 28.4 Å². The first-order chi connectivity index (χ1) is 17.1. The molecule has 0 spiro atoms. The second-order valence-electron chi connectivity index (χ2n) is 7.68. The van der Waals surface area contributed by atoms with E-state index in [9.17, 15) is 33.0 Å². The van der Waals surface area contributed by atoms with Crippen LogP contribution >= 0.6 is 22.9 Å². The molecule has 0 aliphatic carbocycles. The van der Waals surface area contributed by atoms with Gasteiger partial charge in [0.05, 0.1) is 34.0 Å². The van der Waals surface area contributed by atoms with Crippen LogP contribution in [0, 0.1) is 17.5 Å². The van der Waals surface area contributed by atoms with E-state index in [1.807, 2.05) is 0 Å². The third-order valence-corrected chi connectivity index (χ3v) is 6.49. The summed E-state index contributed by atoms with van der Waals surface area (Å²) in [6.45, 7) is -1.05. The molecule has 0 aliphatic rings. The summed E-state index contributed by atoms with van der Waals surface area (Å²) in [5.74, 6) is -2.76. The van der Waals surface area contributed by atoms with Crippen molar-refractivity contribution in [1.29, 1.82) is 0 Å². The summed E-state index contributed by atoms with van der Waals surface area (Å²) < 4.78 is 45.8. The fourth-order valence-corrected chi connectivity index (χ4v) is 4.20. The monoisotopic (exact) mass is 546 g/mol. The van der Waals surface area contributed by atoms with Gasteiger partial charge in [-0.25, -0.2) is 27.7 Å². The van der Waals surface area contributed by atoms with Crippen LogP contribution in [-0.4, -0.2) is 64.6 Å². The molecular weight excluding hydrogens is 525 g/mol. The lowest BCUT2D eigenvalue weighted by Crippen LogP contribution is -2.47. The molecule has 1 heterocycles. The largest absolute Gasteiger partial charge is 0.447 e. The lowest BCUT2D eigenvalue weighted by atomic mass is 10.1. The Morgan fingerprint density at radius 1 is 1.22 bits per heavy atom. The molecule has 0 unspecified atom stereocenters. The molecule has 2 atom stereocenters. The number of hydrogen-bond acceptors (Lipinski definition) is 7. The summed E-state index contributed by atoms with van der Waals surface area (Å²) >= 11 is 6.79. The fraction of sp³-hybridized carbons (Fsp3) is 0.318. The number of thiazole rings is 1. The number of aliphatic hydroxyl groups excluding tert-OH is 2. The highest BCUT2D eigenvalue weighted by Gasteiger charge is 2.25. The number of fused-ring (bicyclic) bond motifs is 1. The Labute approximate surface area is 212 Å². The van der Waals surface area contributed by atoms with Crippen molar-refractivity contribution in [2.45, 2.75) is 25.1 Å². The van der Waals surface area contributed by atoms with Crippen LogP contribution in [0.25, 0.3) is 10.2 Å². The van der Waals surface area contributed by atoms with E-state index >= 15 is 0 Å². The number of hydrogen-bond donors (Lipinski definition) is 4. The summed E-state index contributed by atoms with van der Waals surface area (Å²) in [6, 6.07) is 4.52. The van der Waals surface area contributed by atoms with Crippen LogP contribution in [0.5, 0.6) is 0 Å². The number of carbonyl (C=O) groups is 2. The first-order valence-corrected chi connectivity index (χ1v) is 11.7. The molecule has 3 amide bonds. The highest BCUT2D eigenvalue weighted by Crippen LogP contribution is 2.28. The number of likely N-dealkylation sites (N-methyl/N-ethyl adjacent to an activating group) is 1. The van der Waals surface area contributed by atoms with Crippen LogP contribution in [0.1, 0.15) is 12.0 Å². The third-order valence-electron chi connectivity index (χ3n) is 5.13. The molecule has 14 heteroatoms. The molecule has 0 saturated carbocycles. The summed E-state index contributed by atoms with van der Waals surface area (Å²) in [4.78, 5) is 30.0. The first kappa shape index (κ1) is 27.5. The van der Waals surface area contributed by atoms with Crippen LogP contribution < -0.4 is 10.6 Å². The quantitative estimate of drug-likeness (QED) is 0.323. The number of nitrogens with one attached hydrogen (secondary N) is 2. The average molecular weight is 547 g/mol. The Bertz CT molecular complexity index is 1210. The van der Waals surface area contributed by atoms with E-state index in [1.165, 1.54) is 25.2 Å². The summed E-state index contributed by atoms with van der Waals surface area (Å²) in [7, 11) is 1.38. The van der Waals surface area contributed by atoms with Crippen LogP contribution in [0.2, 0.25) is 5.02 Å². The zero-order valence-corrected chi connectivity index (χ0v) is 20.4. The van der Waals surface area contributed by atoms with Gasteiger partial charge in [-0.15, -0.1) is 0 Å². The maximum Gasteiger partial charge on any atom is 0.413 e. The van der Waals surface area contributed by atoms with Gasteiger partial charge in [0.1, 0.15) is 12.4 Å². The van der Waals surface area contributed by atoms with Crippen molar-refractivity contribution in [2.24, 2.45) is 0 Å². The molecule has 0 saturated heterocycles. The van der Waals surface area contributed by atoms with Crippen molar-refractivity contribution in [3.05, 3.63) is 58.4 Å². The number of anilines is 1. The summed E-state index contributed by atoms with van der Waals surface area (Å²) in [6.07, 6.45) is -2.30. The average Bonchev–Trinajstić information content (AvgIpc) is 3.22. The van der Waals surface area contributed by atoms with Crippen molar-refractivity contribution in [2.75, 3.05) is 25.6 Å². The predicted octanol–water partition coefficient (Wildman–Crippen LogP) is 3.87. The SMILES string of the molecule is CN(C(=O)NCc1cccc(F)c1Cl)[C@H](COC(=O)Nc1nc2cc(F)c(F)cc2s1)C[C@@H](O)CO. The molecule has 194 valence electrons. The Balaban J connectivity index is 1.60. The lowest BCUT2D eigenvalue weighted by molar-refractivity contribution is 0.0480. The lowest BCUT2D eigenvalue weighted by Gasteiger charge is -2.29. The van der Waals surface area contributed by atoms with Gasteiger partial charge >= 0.3 is 12.1 Å². The molecular formula is C22H22ClF3N4O5S. The molecule has 0 aliphatic heterocycles. The third kappa shape index (κ3) is 6.97. The molecule has 9 nitrogen and oxygen atoms in total. The number of nitrogens with zero attached hydrogens (tertiary/aromatic N) is 2. The molecule has 0 bridgehead atoms. The van der Waals surface area contributed by atoms with Crippen molar-refractivity contribution in [3.63, 3.8) is 0 Å². The van der Waals surface area contributed by atoms with E-state index in [2.05, 4.69) is 15.6 Å². The smallest absolute Gasteiger partial charge is 0.413 e. The maximum absolute atomic E-state index is 13.6. The highest BCUT2D eigenvalue weighted by molar-refractivity contribution is 7.22. The number of benzene rings is 2. The Morgan fingerprint density at radius 2 is 1.94 bits per heavy atom. The molecule has 2 aromatic carbocycles. The molecule has 0 fully saturated rings. The second kappa shape index (κ2) is 12.2. The standard InChI is InChI=1S/C22H22ClF3N4O5S/c1-30(21(33)27-8-11-3-2-4-14(24)19(11)23)12(5-13(32)9-31)10-35-22(34)29-20-28-17-6-15(25)16(26)7-18(17)36-20/h2-4,6-7,12-13,31-32H,5,8-10H2,1H3,(H,27,33)(H,28,29,34)/t12-,13+/m0/s1. The molecule has 3 rings (SSSR count). The van der Waals surface area contributed by atoms with Gasteiger partial charge in [-0.1, -0.05) is 35.1 Å². The highest BCUT2D eigenvalue weighted by atomic mass is 35.5. The number of urea groups is 1. The van der Waals surface area contributed by atoms with E-state index in [-0.39, 0.29) is 35.2 Å². The van der Waals surface area contributed by atoms with Gasteiger partial charge in [0.25, 0.3) is 0 Å². The van der Waals surface area contributed by atoms with Gasteiger partial charge in [0, 0.05) is 19.7 Å². The Morgan fingerprint density at radius 3 is 2.67 bits per heavy atom. The van der Waals surface area contributed by atoms with Crippen molar-refractivity contribution in [1.82, 2.24) is 15.2 Å². The maximum atomic E-state index is 13.6. The van der Waals surface area contributed by atoms with Crippen molar-refractivity contribution < 1.29 is 37.7 Å². The van der Waals surface area contributed by atoms with Gasteiger partial charge < -0.3 is 25.2 Å². The fourth-order valence-electron chi connectivity index (χ4n) is 3.15. The zero-order valence-electron chi connectivity index (χ0n) is 18.8. The number of aliphatic hydroxyl groups is 2. The van der Waals surface area contributed by atoms with E-state index in [4.69, 9.17) is 16.3 Å². The minimum atomic E-state index is -1.20. The van der Waals surface area contributed by atoms with Gasteiger partial charge in [0.2, 0.25) is 0 Å². The van der Waals surface area contributed by atoms with E-state index < -0.39 is 48.3 Å². The van der Waals surface area contributed by atoms with Crippen LogP contribution in [0.4, 0.5) is 27.9 Å². The van der Waals surface area contributed by atoms with Gasteiger partial charge in [0.15, 0.2) is 16.8 Å². The number of rotatable bonds is 9. The molecule has 36 heavy (non-hydrogen) atoms. The topological polar surface area (TPSA) is 124 Å². The van der Waals surface area contributed by atoms with E-state index in [0.29, 0.717) is 10.3 Å². The Hall–Kier alpha value is -3.13. The number of ether oxygens (including phenoxy) is 1. The van der Waals surface area contributed by atoms with Crippen LogP contribution in [0.15, 0.2) is 30.3 Å². The number of amides is 3. The van der Waals surface area contributed by atoms with Crippen molar-refractivity contribution >= 4 is 50.4 Å². The van der Waals surface area contributed by atoms with Crippen molar-refractivity contribution in [3.8, 4) is 0 Å². The molecule has 1 aromatic heterocycles. The zero-order chi connectivity index (χ0) is 26.4. The minimum Gasteiger partial charge on any atom is -0.447 e. The van der Waals surface area contributed by atoms with Gasteiger partial charge in [-0.2, -0.15) is 0 Å². The normalized spacial score (nSPS) is 12.8. The predicted molar refractivity (Wildman–Crippen MR) is 127 cm³/mol. The summed E-state index contributed by atoms with van der Waals surface area (Å²) in [5, 5.41) is 23.9. The van der Waals surface area contributed by atoms with Crippen LogP contribution in [0.3, 0.4) is 0 Å². The molecule has 0 radical (unpaired) electrons. The van der Waals surface area contributed by atoms with Gasteiger partial charge in [-0.3, -0.25) is 5.32 Å². The second-order valence-corrected chi connectivity index (χ2v) is 9.09. The van der Waals surface area contributed by atoms with Gasteiger partial charge in [-0.05, 0) is 24.1 Å². The van der Waals surface area contributed by atoms with E-state index in [1.54, 1.807) is 0 Å². The minimum absolute atomic E-state index is 0.0324. The summed E-state index contributed by atoms with van der Waals surface area (Å²) in [5.41, 5.74) is 0.490.